The monoisotopic (exact) mass is 508 g/mol. The Bertz CT molecular complexity index is 551. The Labute approximate surface area is 211 Å². The minimum atomic E-state index is -4.16. The van der Waals surface area contributed by atoms with E-state index in [0.29, 0.717) is 12.5 Å². The second kappa shape index (κ2) is 24.0. The molecule has 206 valence electrons. The molecule has 0 aromatic rings. The summed E-state index contributed by atoms with van der Waals surface area (Å²) in [6.07, 6.45) is 22.8. The third-order valence-electron chi connectivity index (χ3n) is 6.27. The van der Waals surface area contributed by atoms with E-state index < -0.39 is 10.4 Å². The molecule has 34 heavy (non-hydrogen) atoms. The molecule has 0 bridgehead atoms. The molecule has 0 rings (SSSR count). The molecule has 1 amide bonds. The first-order chi connectivity index (χ1) is 16.1. The summed E-state index contributed by atoms with van der Waals surface area (Å²) in [4.78, 5) is 14.4. The van der Waals surface area contributed by atoms with Gasteiger partial charge in [0.25, 0.3) is 0 Å². The third kappa shape index (κ3) is 23.1. The average Bonchev–Trinajstić information content (AvgIpc) is 2.79. The Balaban J connectivity index is 0. The first-order valence-electron chi connectivity index (χ1n) is 13.7. The molecular formula is C26H56N2O5S. The van der Waals surface area contributed by atoms with Gasteiger partial charge in [0, 0.05) is 12.5 Å². The maximum Gasteiger partial charge on any atom is 0.397 e. The fourth-order valence-corrected chi connectivity index (χ4v) is 4.22. The largest absolute Gasteiger partial charge is 0.397 e. The smallest absolute Gasteiger partial charge is 0.325 e. The van der Waals surface area contributed by atoms with Crippen LogP contribution in [0.1, 0.15) is 143 Å². The predicted molar refractivity (Wildman–Crippen MR) is 143 cm³/mol. The van der Waals surface area contributed by atoms with Crippen LogP contribution < -0.4 is 5.73 Å². The SMILES string of the molecule is CCCCCCCCCCCCCCCCCC(=O)N(C(C)N)C(CC)CC.COS(=O)(=O)O. The number of carbonyl (C=O) groups is 1. The van der Waals surface area contributed by atoms with Crippen molar-refractivity contribution in [3.8, 4) is 0 Å². The van der Waals surface area contributed by atoms with Crippen LogP contribution in [0.25, 0.3) is 0 Å². The maximum absolute atomic E-state index is 12.5. The molecule has 0 aliphatic carbocycles. The van der Waals surface area contributed by atoms with Crippen LogP contribution in [0.2, 0.25) is 0 Å². The molecule has 0 aliphatic rings. The molecule has 0 radical (unpaired) electrons. The van der Waals surface area contributed by atoms with Crippen molar-refractivity contribution >= 4 is 16.3 Å². The van der Waals surface area contributed by atoms with Gasteiger partial charge in [0.05, 0.1) is 13.3 Å². The number of rotatable bonds is 21. The van der Waals surface area contributed by atoms with E-state index in [1.54, 1.807) is 0 Å². The van der Waals surface area contributed by atoms with Crippen LogP contribution in [0.15, 0.2) is 0 Å². The molecule has 0 aromatic heterocycles. The highest BCUT2D eigenvalue weighted by molar-refractivity contribution is 7.80. The zero-order valence-corrected chi connectivity index (χ0v) is 23.7. The van der Waals surface area contributed by atoms with Crippen molar-refractivity contribution in [3.63, 3.8) is 0 Å². The third-order valence-corrected chi connectivity index (χ3v) is 6.69. The van der Waals surface area contributed by atoms with Crippen molar-refractivity contribution in [2.45, 2.75) is 155 Å². The molecule has 0 spiro atoms. The normalized spacial score (nSPS) is 12.4. The van der Waals surface area contributed by atoms with Gasteiger partial charge in [0.15, 0.2) is 0 Å². The minimum Gasteiger partial charge on any atom is -0.325 e. The molecule has 0 saturated carbocycles. The lowest BCUT2D eigenvalue weighted by Gasteiger charge is -2.34. The quantitative estimate of drug-likeness (QED) is 0.0980. The number of hydrogen-bond donors (Lipinski definition) is 2. The van der Waals surface area contributed by atoms with Gasteiger partial charge in [-0.3, -0.25) is 13.5 Å². The Morgan fingerprint density at radius 3 is 1.38 bits per heavy atom. The average molecular weight is 509 g/mol. The standard InChI is InChI=1S/C25H52N2O.CH4O4S/c1-5-8-9-10-11-12-13-14-15-16-17-18-19-20-21-22-25(28)27(23(4)26)24(6-2)7-3;1-5-6(2,3)4/h23-24H,5-22,26H2,1-4H3;1H3,(H,2,3,4). The second-order valence-electron chi connectivity index (χ2n) is 9.31. The van der Waals surface area contributed by atoms with Crippen LogP contribution in [0, 0.1) is 0 Å². The van der Waals surface area contributed by atoms with Gasteiger partial charge >= 0.3 is 10.4 Å². The summed E-state index contributed by atoms with van der Waals surface area (Å²) in [5.74, 6) is 0.249. The second-order valence-corrected chi connectivity index (χ2v) is 10.5. The number of hydrogen-bond acceptors (Lipinski definition) is 5. The molecule has 0 heterocycles. The van der Waals surface area contributed by atoms with E-state index in [9.17, 15) is 13.2 Å². The fourth-order valence-electron chi connectivity index (χ4n) is 4.22. The lowest BCUT2D eigenvalue weighted by molar-refractivity contribution is -0.136. The van der Waals surface area contributed by atoms with Gasteiger partial charge in [-0.2, -0.15) is 8.42 Å². The first kappa shape index (κ1) is 35.5. The maximum atomic E-state index is 12.5. The van der Waals surface area contributed by atoms with Crippen LogP contribution in [-0.2, 0) is 19.4 Å². The van der Waals surface area contributed by atoms with E-state index in [1.165, 1.54) is 89.9 Å². The van der Waals surface area contributed by atoms with Crippen molar-refractivity contribution in [1.29, 1.82) is 0 Å². The molecule has 0 fully saturated rings. The van der Waals surface area contributed by atoms with E-state index in [1.807, 2.05) is 11.8 Å². The topological polar surface area (TPSA) is 110 Å². The number of nitrogens with zero attached hydrogens (tertiary/aromatic N) is 1. The molecule has 0 aromatic carbocycles. The Kier molecular flexibility index (Phi) is 25.0. The van der Waals surface area contributed by atoms with E-state index in [2.05, 4.69) is 25.0 Å². The highest BCUT2D eigenvalue weighted by atomic mass is 32.3. The van der Waals surface area contributed by atoms with Crippen LogP contribution in [-0.4, -0.2) is 43.1 Å². The van der Waals surface area contributed by atoms with Gasteiger partial charge in [-0.25, -0.2) is 0 Å². The summed E-state index contributed by atoms with van der Waals surface area (Å²) in [7, 11) is -3.29. The van der Waals surface area contributed by atoms with Crippen molar-refractivity contribution < 1.29 is 21.9 Å². The van der Waals surface area contributed by atoms with Gasteiger partial charge in [0.1, 0.15) is 0 Å². The van der Waals surface area contributed by atoms with E-state index in [0.717, 1.165) is 26.4 Å². The summed E-state index contributed by atoms with van der Waals surface area (Å²) >= 11 is 0. The molecule has 0 aliphatic heterocycles. The van der Waals surface area contributed by atoms with Gasteiger partial charge < -0.3 is 10.6 Å². The number of amides is 1. The number of unbranched alkanes of at least 4 members (excludes halogenated alkanes) is 14. The summed E-state index contributed by atoms with van der Waals surface area (Å²) in [5, 5.41) is 0. The van der Waals surface area contributed by atoms with Crippen molar-refractivity contribution in [2.24, 2.45) is 5.73 Å². The van der Waals surface area contributed by atoms with E-state index >= 15 is 0 Å². The predicted octanol–water partition coefficient (Wildman–Crippen LogP) is 7.01. The van der Waals surface area contributed by atoms with E-state index in [-0.39, 0.29) is 12.1 Å². The van der Waals surface area contributed by atoms with Crippen molar-refractivity contribution in [1.82, 2.24) is 4.90 Å². The molecular weight excluding hydrogens is 452 g/mol. The zero-order valence-electron chi connectivity index (χ0n) is 22.9. The van der Waals surface area contributed by atoms with Crippen molar-refractivity contribution in [2.75, 3.05) is 7.11 Å². The lowest BCUT2D eigenvalue weighted by Crippen LogP contribution is -2.49. The Hall–Kier alpha value is -0.700. The number of nitrogens with two attached hydrogens (primary N) is 1. The zero-order chi connectivity index (χ0) is 26.2. The Morgan fingerprint density at radius 2 is 1.12 bits per heavy atom. The molecule has 1 atom stereocenters. The molecule has 8 heteroatoms. The summed E-state index contributed by atoms with van der Waals surface area (Å²) in [6.45, 7) is 8.50. The summed E-state index contributed by atoms with van der Waals surface area (Å²) in [5.41, 5.74) is 6.05. The van der Waals surface area contributed by atoms with Gasteiger partial charge in [-0.15, -0.1) is 0 Å². The number of carbonyl (C=O) groups excluding carboxylic acids is 1. The Morgan fingerprint density at radius 1 is 0.794 bits per heavy atom. The fraction of sp³-hybridized carbons (Fsp3) is 0.962. The van der Waals surface area contributed by atoms with Gasteiger partial charge in [0.2, 0.25) is 5.91 Å². The summed E-state index contributed by atoms with van der Waals surface area (Å²) < 4.78 is 29.7. The minimum absolute atomic E-state index is 0.172. The summed E-state index contributed by atoms with van der Waals surface area (Å²) in [6, 6.07) is 0.295. The lowest BCUT2D eigenvalue weighted by atomic mass is 10.0. The van der Waals surface area contributed by atoms with Crippen LogP contribution >= 0.6 is 0 Å². The van der Waals surface area contributed by atoms with Gasteiger partial charge in [-0.1, -0.05) is 111 Å². The van der Waals surface area contributed by atoms with Crippen LogP contribution in [0.3, 0.4) is 0 Å². The van der Waals surface area contributed by atoms with Crippen LogP contribution in [0.4, 0.5) is 0 Å². The van der Waals surface area contributed by atoms with Crippen molar-refractivity contribution in [3.05, 3.63) is 0 Å². The molecule has 0 saturated heterocycles. The highest BCUT2D eigenvalue weighted by Gasteiger charge is 2.23. The molecule has 1 unspecified atom stereocenters. The molecule has 7 nitrogen and oxygen atoms in total. The first-order valence-corrected chi connectivity index (χ1v) is 15.1. The van der Waals surface area contributed by atoms with Gasteiger partial charge in [-0.05, 0) is 26.2 Å². The van der Waals surface area contributed by atoms with Crippen LogP contribution in [0.5, 0.6) is 0 Å². The highest BCUT2D eigenvalue weighted by Crippen LogP contribution is 2.16. The molecule has 3 N–H and O–H groups in total. The van der Waals surface area contributed by atoms with E-state index in [4.69, 9.17) is 10.3 Å².